The van der Waals surface area contributed by atoms with Gasteiger partial charge in [0.25, 0.3) is 0 Å². The minimum atomic E-state index is -0.265. The van der Waals surface area contributed by atoms with E-state index in [0.717, 1.165) is 41.2 Å². The number of hydrogen-bond acceptors (Lipinski definition) is 2. The van der Waals surface area contributed by atoms with E-state index in [4.69, 9.17) is 23.8 Å². The van der Waals surface area contributed by atoms with Crippen LogP contribution in [0.4, 0.5) is 10.1 Å². The van der Waals surface area contributed by atoms with Crippen molar-refractivity contribution in [3.8, 4) is 0 Å². The third-order valence-electron chi connectivity index (χ3n) is 4.88. The van der Waals surface area contributed by atoms with Crippen LogP contribution in [0.15, 0.2) is 48.8 Å². The molecule has 1 aromatic heterocycles. The zero-order valence-corrected chi connectivity index (χ0v) is 16.2. The molecular weight excluding hydrogens is 383 g/mol. The van der Waals surface area contributed by atoms with Crippen molar-refractivity contribution in [3.05, 3.63) is 82.1 Å². The fourth-order valence-electron chi connectivity index (χ4n) is 3.41. The summed E-state index contributed by atoms with van der Waals surface area (Å²) in [6, 6.07) is 12.0. The van der Waals surface area contributed by atoms with Crippen molar-refractivity contribution in [1.82, 2.24) is 14.9 Å². The number of fused-ring (bicyclic) bond motifs is 1. The average Bonchev–Trinajstić information content (AvgIpc) is 3.14. The largest absolute Gasteiger partial charge is 0.348 e. The highest BCUT2D eigenvalue weighted by Crippen LogP contribution is 2.34. The van der Waals surface area contributed by atoms with E-state index < -0.39 is 0 Å². The van der Waals surface area contributed by atoms with Crippen LogP contribution < -0.4 is 5.32 Å². The SMILES string of the molecule is Cc1c(Cl)cccc1NC(=S)N1CCc2[nH]cnc2[C@@H]1c1ccc(F)cc1. The van der Waals surface area contributed by atoms with E-state index in [-0.39, 0.29) is 11.9 Å². The Morgan fingerprint density at radius 1 is 1.30 bits per heavy atom. The highest BCUT2D eigenvalue weighted by Gasteiger charge is 2.32. The first-order valence-electron chi connectivity index (χ1n) is 8.65. The van der Waals surface area contributed by atoms with Gasteiger partial charge in [-0.25, -0.2) is 9.37 Å². The summed E-state index contributed by atoms with van der Waals surface area (Å²) in [5.74, 6) is -0.265. The molecule has 0 amide bonds. The number of thiocarbonyl (C=S) groups is 1. The van der Waals surface area contributed by atoms with Gasteiger partial charge in [-0.15, -0.1) is 0 Å². The minimum absolute atomic E-state index is 0.180. The van der Waals surface area contributed by atoms with E-state index in [1.165, 1.54) is 12.1 Å². The molecule has 4 rings (SSSR count). The van der Waals surface area contributed by atoms with Crippen molar-refractivity contribution in [3.63, 3.8) is 0 Å². The maximum Gasteiger partial charge on any atom is 0.174 e. The van der Waals surface area contributed by atoms with Crippen molar-refractivity contribution in [2.75, 3.05) is 11.9 Å². The van der Waals surface area contributed by atoms with Crippen molar-refractivity contribution in [1.29, 1.82) is 0 Å². The van der Waals surface area contributed by atoms with Crippen LogP contribution in [0.25, 0.3) is 0 Å². The van der Waals surface area contributed by atoms with Gasteiger partial charge in [-0.2, -0.15) is 0 Å². The molecular formula is C20H18ClFN4S. The van der Waals surface area contributed by atoms with Gasteiger partial charge in [-0.05, 0) is 54.5 Å². The number of nitrogens with one attached hydrogen (secondary N) is 2. The lowest BCUT2D eigenvalue weighted by Crippen LogP contribution is -2.43. The average molecular weight is 401 g/mol. The summed E-state index contributed by atoms with van der Waals surface area (Å²) in [5.41, 5.74) is 4.76. The van der Waals surface area contributed by atoms with Crippen LogP contribution in [0.3, 0.4) is 0 Å². The Labute approximate surface area is 167 Å². The molecule has 0 spiro atoms. The molecule has 0 radical (unpaired) electrons. The molecule has 0 saturated carbocycles. The molecule has 0 saturated heterocycles. The zero-order valence-electron chi connectivity index (χ0n) is 14.7. The predicted octanol–water partition coefficient (Wildman–Crippen LogP) is 4.86. The first-order chi connectivity index (χ1) is 13.0. The van der Waals surface area contributed by atoms with Crippen LogP contribution in [-0.4, -0.2) is 26.5 Å². The van der Waals surface area contributed by atoms with Crippen LogP contribution in [-0.2, 0) is 6.42 Å². The normalized spacial score (nSPS) is 16.1. The number of nitrogens with zero attached hydrogens (tertiary/aromatic N) is 2. The molecule has 0 unspecified atom stereocenters. The lowest BCUT2D eigenvalue weighted by molar-refractivity contribution is 0.336. The Kier molecular flexibility index (Phi) is 4.85. The van der Waals surface area contributed by atoms with Gasteiger partial charge >= 0.3 is 0 Å². The summed E-state index contributed by atoms with van der Waals surface area (Å²) in [6.45, 7) is 2.68. The van der Waals surface area contributed by atoms with Crippen LogP contribution >= 0.6 is 23.8 Å². The Hall–Kier alpha value is -2.44. The monoisotopic (exact) mass is 400 g/mol. The zero-order chi connectivity index (χ0) is 19.0. The standard InChI is InChI=1S/C20H18ClFN4S/c1-12-15(21)3-2-4-16(12)25-20(27)26-10-9-17-18(24-11-23-17)19(26)13-5-7-14(22)8-6-13/h2-8,11,19H,9-10H2,1H3,(H,23,24)(H,25,27)/t19-/m0/s1. The second-order valence-electron chi connectivity index (χ2n) is 6.51. The maximum atomic E-state index is 13.4. The van der Waals surface area contributed by atoms with Crippen molar-refractivity contribution >= 4 is 34.6 Å². The number of imidazole rings is 1. The lowest BCUT2D eigenvalue weighted by atomic mass is 9.96. The van der Waals surface area contributed by atoms with Gasteiger partial charge in [0.05, 0.1) is 12.0 Å². The third kappa shape index (κ3) is 3.42. The fourth-order valence-corrected chi connectivity index (χ4v) is 3.89. The number of H-pyrrole nitrogens is 1. The maximum absolute atomic E-state index is 13.4. The summed E-state index contributed by atoms with van der Waals surface area (Å²) >= 11 is 12.0. The molecule has 1 aliphatic heterocycles. The van der Waals surface area contributed by atoms with Gasteiger partial charge in [-0.3, -0.25) is 0 Å². The van der Waals surface area contributed by atoms with E-state index >= 15 is 0 Å². The predicted molar refractivity (Wildman–Crippen MR) is 110 cm³/mol. The summed E-state index contributed by atoms with van der Waals surface area (Å²) in [6.07, 6.45) is 2.51. The van der Waals surface area contributed by atoms with Gasteiger partial charge in [0.15, 0.2) is 5.11 Å². The van der Waals surface area contributed by atoms with Gasteiger partial charge < -0.3 is 15.2 Å². The summed E-state index contributed by atoms with van der Waals surface area (Å²) in [7, 11) is 0. The number of aromatic nitrogens is 2. The molecule has 7 heteroatoms. The molecule has 0 fully saturated rings. The molecule has 3 aromatic rings. The van der Waals surface area contributed by atoms with Crippen LogP contribution in [0.1, 0.15) is 28.6 Å². The van der Waals surface area contributed by atoms with E-state index in [9.17, 15) is 4.39 Å². The fraction of sp³-hybridized carbons (Fsp3) is 0.200. The van der Waals surface area contributed by atoms with Crippen LogP contribution in [0.2, 0.25) is 5.02 Å². The number of anilines is 1. The van der Waals surface area contributed by atoms with E-state index in [1.807, 2.05) is 25.1 Å². The van der Waals surface area contributed by atoms with Crippen LogP contribution in [0.5, 0.6) is 0 Å². The molecule has 2 N–H and O–H groups in total. The van der Waals surface area contributed by atoms with Crippen molar-refractivity contribution < 1.29 is 4.39 Å². The minimum Gasteiger partial charge on any atom is -0.348 e. The Balaban J connectivity index is 1.68. The molecule has 138 valence electrons. The quantitative estimate of drug-likeness (QED) is 0.603. The molecule has 0 aliphatic carbocycles. The topological polar surface area (TPSA) is 44.0 Å². The van der Waals surface area contributed by atoms with Gasteiger partial charge in [-0.1, -0.05) is 29.8 Å². The first kappa shape index (κ1) is 17.9. The second-order valence-corrected chi connectivity index (χ2v) is 7.30. The highest BCUT2D eigenvalue weighted by molar-refractivity contribution is 7.80. The van der Waals surface area contributed by atoms with Gasteiger partial charge in [0.1, 0.15) is 11.9 Å². The third-order valence-corrected chi connectivity index (χ3v) is 5.63. The van der Waals surface area contributed by atoms with Gasteiger partial charge in [0, 0.05) is 29.4 Å². The Bertz CT molecular complexity index is 986. The number of halogens is 2. The number of aromatic amines is 1. The molecule has 4 nitrogen and oxygen atoms in total. The number of hydrogen-bond donors (Lipinski definition) is 2. The Morgan fingerprint density at radius 3 is 2.85 bits per heavy atom. The van der Waals surface area contributed by atoms with Crippen molar-refractivity contribution in [2.45, 2.75) is 19.4 Å². The summed E-state index contributed by atoms with van der Waals surface area (Å²) in [4.78, 5) is 9.80. The molecule has 1 atom stereocenters. The summed E-state index contributed by atoms with van der Waals surface area (Å²) in [5, 5.41) is 4.59. The van der Waals surface area contributed by atoms with Gasteiger partial charge in [0.2, 0.25) is 0 Å². The first-order valence-corrected chi connectivity index (χ1v) is 9.43. The Morgan fingerprint density at radius 2 is 2.07 bits per heavy atom. The van der Waals surface area contributed by atoms with E-state index in [2.05, 4.69) is 20.2 Å². The van der Waals surface area contributed by atoms with E-state index in [1.54, 1.807) is 18.5 Å². The van der Waals surface area contributed by atoms with Crippen molar-refractivity contribution in [2.24, 2.45) is 0 Å². The number of rotatable bonds is 2. The molecule has 2 heterocycles. The molecule has 2 aromatic carbocycles. The second kappa shape index (κ2) is 7.29. The highest BCUT2D eigenvalue weighted by atomic mass is 35.5. The number of benzene rings is 2. The molecule has 0 bridgehead atoms. The summed E-state index contributed by atoms with van der Waals surface area (Å²) < 4.78 is 13.4. The molecule has 27 heavy (non-hydrogen) atoms. The lowest BCUT2D eigenvalue weighted by Gasteiger charge is -2.37. The smallest absolute Gasteiger partial charge is 0.174 e. The van der Waals surface area contributed by atoms with Crippen LogP contribution in [0, 0.1) is 12.7 Å². The molecule has 1 aliphatic rings. The van der Waals surface area contributed by atoms with E-state index in [0.29, 0.717) is 10.1 Å².